The first-order valence-electron chi connectivity index (χ1n) is 5.31. The topological polar surface area (TPSA) is 56.9 Å². The molecule has 0 fully saturated rings. The zero-order valence-corrected chi connectivity index (χ0v) is 9.46. The molecule has 2 aromatic rings. The Hall–Kier alpha value is -2.18. The van der Waals surface area contributed by atoms with Crippen molar-refractivity contribution in [2.24, 2.45) is 0 Å². The summed E-state index contributed by atoms with van der Waals surface area (Å²) in [4.78, 5) is 4.15. The Morgan fingerprint density at radius 2 is 1.76 bits per heavy atom. The molecule has 1 atom stereocenters. The van der Waals surface area contributed by atoms with E-state index in [9.17, 15) is 5.11 Å². The summed E-state index contributed by atoms with van der Waals surface area (Å²) in [5.74, 6) is 0. The van der Waals surface area contributed by atoms with Gasteiger partial charge in [0, 0.05) is 17.5 Å². The fourth-order valence-corrected chi connectivity index (χ4v) is 1.57. The zero-order valence-electron chi connectivity index (χ0n) is 9.46. The van der Waals surface area contributed by atoms with Gasteiger partial charge in [-0.3, -0.25) is 4.98 Å². The fourth-order valence-electron chi connectivity index (χ4n) is 1.57. The minimum atomic E-state index is -0.698. The van der Waals surface area contributed by atoms with Crippen LogP contribution < -0.4 is 0 Å². The second kappa shape index (κ2) is 4.77. The number of benzene rings is 1. The van der Waals surface area contributed by atoms with E-state index in [-0.39, 0.29) is 0 Å². The normalized spacial score (nSPS) is 11.8. The zero-order chi connectivity index (χ0) is 12.3. The summed E-state index contributed by atoms with van der Waals surface area (Å²) in [7, 11) is 0. The number of aliphatic hydroxyl groups is 1. The van der Waals surface area contributed by atoms with Crippen molar-refractivity contribution in [1.82, 2.24) is 4.98 Å². The summed E-state index contributed by atoms with van der Waals surface area (Å²) >= 11 is 0. The molecule has 3 heteroatoms. The molecule has 84 valence electrons. The molecular formula is C14H12N2O. The van der Waals surface area contributed by atoms with Gasteiger partial charge in [0.25, 0.3) is 0 Å². The molecule has 1 heterocycles. The highest BCUT2D eigenvalue weighted by molar-refractivity contribution is 5.35. The Kier molecular flexibility index (Phi) is 3.17. The van der Waals surface area contributed by atoms with Crippen molar-refractivity contribution in [1.29, 1.82) is 5.26 Å². The summed E-state index contributed by atoms with van der Waals surface area (Å²) in [5.41, 5.74) is 3.01. The molecule has 3 nitrogen and oxygen atoms in total. The van der Waals surface area contributed by atoms with Crippen LogP contribution in [-0.4, -0.2) is 10.1 Å². The summed E-state index contributed by atoms with van der Waals surface area (Å²) in [6.45, 7) is 1.90. The lowest BCUT2D eigenvalue weighted by Crippen LogP contribution is -2.00. The predicted molar refractivity (Wildman–Crippen MR) is 64.2 cm³/mol. The van der Waals surface area contributed by atoms with Crippen LogP contribution in [0.25, 0.3) is 0 Å². The number of aromatic nitrogens is 1. The van der Waals surface area contributed by atoms with Gasteiger partial charge in [-0.15, -0.1) is 0 Å². The van der Waals surface area contributed by atoms with Crippen LogP contribution in [0.3, 0.4) is 0 Å². The summed E-state index contributed by atoms with van der Waals surface area (Å²) in [6.07, 6.45) is 0.967. The van der Waals surface area contributed by atoms with E-state index in [1.54, 1.807) is 30.5 Å². The molecule has 1 N–H and O–H groups in total. The molecular weight excluding hydrogens is 212 g/mol. The van der Waals surface area contributed by atoms with Crippen LogP contribution in [0.15, 0.2) is 42.6 Å². The number of hydrogen-bond donors (Lipinski definition) is 1. The molecule has 0 radical (unpaired) electrons. The average molecular weight is 224 g/mol. The lowest BCUT2D eigenvalue weighted by molar-refractivity contribution is 0.220. The van der Waals surface area contributed by atoms with E-state index in [4.69, 9.17) is 5.26 Å². The van der Waals surface area contributed by atoms with Gasteiger partial charge in [0.1, 0.15) is 6.10 Å². The third-order valence-electron chi connectivity index (χ3n) is 2.61. The van der Waals surface area contributed by atoms with Crippen LogP contribution in [0, 0.1) is 18.3 Å². The Balaban J connectivity index is 2.27. The quantitative estimate of drug-likeness (QED) is 0.851. The Morgan fingerprint density at radius 1 is 1.12 bits per heavy atom. The van der Waals surface area contributed by atoms with Crippen molar-refractivity contribution in [3.05, 3.63) is 65.0 Å². The van der Waals surface area contributed by atoms with Crippen molar-refractivity contribution < 1.29 is 5.11 Å². The summed E-state index contributed by atoms with van der Waals surface area (Å²) < 4.78 is 0. The third kappa shape index (κ3) is 2.49. The molecule has 0 bridgehead atoms. The molecule has 0 aliphatic carbocycles. The number of pyridine rings is 1. The van der Waals surface area contributed by atoms with E-state index in [0.29, 0.717) is 5.56 Å². The van der Waals surface area contributed by atoms with Crippen molar-refractivity contribution in [2.45, 2.75) is 13.0 Å². The van der Waals surface area contributed by atoms with Crippen LogP contribution >= 0.6 is 0 Å². The van der Waals surface area contributed by atoms with Crippen LogP contribution in [0.2, 0.25) is 0 Å². The minimum Gasteiger partial charge on any atom is -0.384 e. The predicted octanol–water partition coefficient (Wildman–Crippen LogP) is 2.34. The number of hydrogen-bond acceptors (Lipinski definition) is 3. The highest BCUT2D eigenvalue weighted by Crippen LogP contribution is 2.21. The Labute approximate surface area is 100.0 Å². The molecule has 1 unspecified atom stereocenters. The van der Waals surface area contributed by atoms with Gasteiger partial charge in [-0.2, -0.15) is 5.26 Å². The standard InChI is InChI=1S/C14H12N2O/c1-10-2-5-13(9-16-10)14(17)12-6-3-11(8-15)4-7-12/h2-7,9,14,17H,1H3. The smallest absolute Gasteiger partial charge is 0.106 e. The molecule has 0 aliphatic rings. The van der Waals surface area contributed by atoms with Gasteiger partial charge >= 0.3 is 0 Å². The second-order valence-electron chi connectivity index (χ2n) is 3.87. The number of nitriles is 1. The maximum atomic E-state index is 10.1. The van der Waals surface area contributed by atoms with Gasteiger partial charge in [0.15, 0.2) is 0 Å². The van der Waals surface area contributed by atoms with Crippen molar-refractivity contribution in [2.75, 3.05) is 0 Å². The van der Waals surface area contributed by atoms with E-state index < -0.39 is 6.10 Å². The first-order chi connectivity index (χ1) is 8.20. The van der Waals surface area contributed by atoms with Gasteiger partial charge in [0.05, 0.1) is 11.6 Å². The average Bonchev–Trinajstić information content (AvgIpc) is 2.39. The minimum absolute atomic E-state index is 0.586. The van der Waals surface area contributed by atoms with Gasteiger partial charge in [-0.1, -0.05) is 18.2 Å². The molecule has 1 aromatic heterocycles. The molecule has 0 spiro atoms. The molecule has 0 saturated carbocycles. The van der Waals surface area contributed by atoms with Gasteiger partial charge in [0.2, 0.25) is 0 Å². The van der Waals surface area contributed by atoms with Gasteiger partial charge in [-0.05, 0) is 30.7 Å². The molecule has 1 aromatic carbocycles. The van der Waals surface area contributed by atoms with E-state index in [1.807, 2.05) is 25.1 Å². The lowest BCUT2D eigenvalue weighted by atomic mass is 10.0. The van der Waals surface area contributed by atoms with Crippen molar-refractivity contribution in [3.63, 3.8) is 0 Å². The number of aryl methyl sites for hydroxylation is 1. The van der Waals surface area contributed by atoms with Crippen LogP contribution in [-0.2, 0) is 0 Å². The first kappa shape index (κ1) is 11.3. The first-order valence-corrected chi connectivity index (χ1v) is 5.31. The maximum Gasteiger partial charge on any atom is 0.106 e. The van der Waals surface area contributed by atoms with Gasteiger partial charge < -0.3 is 5.11 Å². The Bertz CT molecular complexity index is 538. The van der Waals surface area contributed by atoms with Crippen LogP contribution in [0.4, 0.5) is 0 Å². The fraction of sp³-hybridized carbons (Fsp3) is 0.143. The molecule has 0 aliphatic heterocycles. The molecule has 0 amide bonds. The summed E-state index contributed by atoms with van der Waals surface area (Å²) in [6, 6.07) is 12.7. The third-order valence-corrected chi connectivity index (χ3v) is 2.61. The molecule has 17 heavy (non-hydrogen) atoms. The van der Waals surface area contributed by atoms with Crippen LogP contribution in [0.1, 0.15) is 28.5 Å². The van der Waals surface area contributed by atoms with Gasteiger partial charge in [-0.25, -0.2) is 0 Å². The monoisotopic (exact) mass is 224 g/mol. The number of rotatable bonds is 2. The largest absolute Gasteiger partial charge is 0.384 e. The van der Waals surface area contributed by atoms with Crippen LogP contribution in [0.5, 0.6) is 0 Å². The highest BCUT2D eigenvalue weighted by atomic mass is 16.3. The van der Waals surface area contributed by atoms with E-state index in [0.717, 1.165) is 16.8 Å². The Morgan fingerprint density at radius 3 is 2.29 bits per heavy atom. The summed E-state index contributed by atoms with van der Waals surface area (Å²) in [5, 5.41) is 18.8. The van der Waals surface area contributed by atoms with Crippen molar-refractivity contribution in [3.8, 4) is 6.07 Å². The lowest BCUT2D eigenvalue weighted by Gasteiger charge is -2.11. The molecule has 0 saturated heterocycles. The maximum absolute atomic E-state index is 10.1. The van der Waals surface area contributed by atoms with E-state index >= 15 is 0 Å². The van der Waals surface area contributed by atoms with E-state index in [2.05, 4.69) is 4.98 Å². The number of nitrogens with zero attached hydrogens (tertiary/aromatic N) is 2. The number of aliphatic hydroxyl groups excluding tert-OH is 1. The SMILES string of the molecule is Cc1ccc(C(O)c2ccc(C#N)cc2)cn1. The highest BCUT2D eigenvalue weighted by Gasteiger charge is 2.10. The van der Waals surface area contributed by atoms with Crippen molar-refractivity contribution >= 4 is 0 Å². The molecule has 2 rings (SSSR count). The second-order valence-corrected chi connectivity index (χ2v) is 3.87. The van der Waals surface area contributed by atoms with E-state index in [1.165, 1.54) is 0 Å².